The molecule has 3 heterocycles. The monoisotopic (exact) mass is 449 g/mol. The van der Waals surface area contributed by atoms with E-state index in [9.17, 15) is 4.79 Å². The maximum absolute atomic E-state index is 12.7. The van der Waals surface area contributed by atoms with Gasteiger partial charge in [-0.1, -0.05) is 11.6 Å². The molecule has 7 nitrogen and oxygen atoms in total. The van der Waals surface area contributed by atoms with Crippen LogP contribution in [-0.4, -0.2) is 31.1 Å². The number of ketones is 1. The quantitative estimate of drug-likeness (QED) is 0.573. The normalized spacial score (nSPS) is 23.3. The van der Waals surface area contributed by atoms with Gasteiger partial charge in [-0.25, -0.2) is 9.97 Å². The minimum absolute atomic E-state index is 0.306. The van der Waals surface area contributed by atoms with Crippen LogP contribution in [-0.2, 0) is 16.6 Å². The number of Topliss-reactive ketones (excluding diaryl/α,β-unsaturated/α-hetero) is 1. The van der Waals surface area contributed by atoms with Crippen molar-refractivity contribution in [2.45, 2.75) is 50.4 Å². The molecule has 5 rings (SSSR count). The molecule has 1 atom stereocenters. The van der Waals surface area contributed by atoms with E-state index in [-0.39, 0.29) is 0 Å². The average Bonchev–Trinajstić information content (AvgIpc) is 3.22. The first-order valence-corrected chi connectivity index (χ1v) is 9.66. The van der Waals surface area contributed by atoms with Crippen LogP contribution in [0.4, 0.5) is 0 Å². The number of nitrogens with one attached hydrogen (secondary N) is 1. The van der Waals surface area contributed by atoms with Gasteiger partial charge in [0.2, 0.25) is 0 Å². The number of aromatic nitrogens is 5. The molecular formula is C17H16IN5O2. The molecule has 3 aromatic heterocycles. The van der Waals surface area contributed by atoms with Crippen molar-refractivity contribution in [1.29, 1.82) is 0 Å². The zero-order valence-electron chi connectivity index (χ0n) is 13.5. The molecule has 2 aliphatic carbocycles. The Morgan fingerprint density at radius 2 is 2.08 bits per heavy atom. The molecule has 0 saturated heterocycles. The van der Waals surface area contributed by atoms with Gasteiger partial charge in [-0.3, -0.25) is 9.89 Å². The van der Waals surface area contributed by atoms with E-state index in [1.807, 2.05) is 0 Å². The van der Waals surface area contributed by atoms with Crippen molar-refractivity contribution in [3.8, 4) is 11.5 Å². The van der Waals surface area contributed by atoms with Crippen LogP contribution in [0.15, 0.2) is 10.7 Å². The summed E-state index contributed by atoms with van der Waals surface area (Å²) in [6, 6.07) is 0. The Labute approximate surface area is 157 Å². The lowest BCUT2D eigenvalue weighted by Gasteiger charge is -2.36. The molecule has 0 bridgehead atoms. The van der Waals surface area contributed by atoms with E-state index in [2.05, 4.69) is 47.9 Å². The molecule has 8 heteroatoms. The van der Waals surface area contributed by atoms with E-state index in [4.69, 9.17) is 4.52 Å². The first-order chi connectivity index (χ1) is 12.2. The Balaban J connectivity index is 1.64. The molecule has 3 aromatic rings. The molecule has 0 amide bonds. The third-order valence-corrected chi connectivity index (χ3v) is 6.34. The second-order valence-electron chi connectivity index (χ2n) is 6.87. The highest BCUT2D eigenvalue weighted by molar-refractivity contribution is 14.1. The maximum atomic E-state index is 12.7. The zero-order chi connectivity index (χ0) is 17.0. The van der Waals surface area contributed by atoms with E-state index < -0.39 is 5.41 Å². The number of carbonyl (C=O) groups is 1. The molecule has 0 unspecified atom stereocenters. The predicted octanol–water partition coefficient (Wildman–Crippen LogP) is 3.33. The summed E-state index contributed by atoms with van der Waals surface area (Å²) in [5.41, 5.74) is 1.81. The number of hydrogen-bond donors (Lipinski definition) is 1. The second kappa shape index (κ2) is 5.58. The van der Waals surface area contributed by atoms with Crippen molar-refractivity contribution < 1.29 is 9.32 Å². The van der Waals surface area contributed by atoms with Gasteiger partial charge in [-0.15, -0.1) is 0 Å². The van der Waals surface area contributed by atoms with Crippen LogP contribution >= 0.6 is 22.6 Å². The summed E-state index contributed by atoms with van der Waals surface area (Å²) in [4.78, 5) is 21.7. The van der Waals surface area contributed by atoms with E-state index in [0.29, 0.717) is 29.4 Å². The summed E-state index contributed by atoms with van der Waals surface area (Å²) in [6.07, 6.45) is 8.00. The Kier molecular flexibility index (Phi) is 3.44. The van der Waals surface area contributed by atoms with Gasteiger partial charge < -0.3 is 4.52 Å². The second-order valence-corrected chi connectivity index (χ2v) is 7.95. The Hall–Kier alpha value is -1.84. The molecule has 0 aromatic carbocycles. The number of hydrogen-bond acceptors (Lipinski definition) is 6. The van der Waals surface area contributed by atoms with Crippen molar-refractivity contribution in [2.75, 3.05) is 0 Å². The molecule has 25 heavy (non-hydrogen) atoms. The van der Waals surface area contributed by atoms with Gasteiger partial charge >= 0.3 is 0 Å². The van der Waals surface area contributed by atoms with Crippen LogP contribution in [0.5, 0.6) is 0 Å². The number of H-pyrrole nitrogens is 1. The molecule has 1 N–H and O–H groups in total. The summed E-state index contributed by atoms with van der Waals surface area (Å²) >= 11 is 2.17. The Morgan fingerprint density at radius 3 is 2.96 bits per heavy atom. The van der Waals surface area contributed by atoms with Crippen LogP contribution in [0.2, 0.25) is 0 Å². The van der Waals surface area contributed by atoms with Gasteiger partial charge in [0.05, 0.1) is 10.8 Å². The van der Waals surface area contributed by atoms with Crippen molar-refractivity contribution >= 4 is 39.4 Å². The third kappa shape index (κ3) is 2.19. The van der Waals surface area contributed by atoms with Gasteiger partial charge in [0.15, 0.2) is 22.9 Å². The van der Waals surface area contributed by atoms with Crippen molar-refractivity contribution in [3.63, 3.8) is 0 Å². The van der Waals surface area contributed by atoms with Crippen molar-refractivity contribution in [1.82, 2.24) is 25.3 Å². The standard InChI is InChI=1S/C17H16IN5O2/c18-14-10-8-19-16(20-15(10)22-21-14)12-9-4-3-7-17(13(9)25-23-12)6-2-1-5-11(17)24/h8H,1-7H2,(H,19,20,21,22)/t17-/m1/s1. The summed E-state index contributed by atoms with van der Waals surface area (Å²) < 4.78 is 6.65. The first-order valence-electron chi connectivity index (χ1n) is 8.58. The molecule has 1 saturated carbocycles. The lowest BCUT2D eigenvalue weighted by Crippen LogP contribution is -2.41. The highest BCUT2D eigenvalue weighted by Gasteiger charge is 2.48. The van der Waals surface area contributed by atoms with Crippen LogP contribution < -0.4 is 0 Å². The molecule has 1 fully saturated rings. The summed E-state index contributed by atoms with van der Waals surface area (Å²) in [5, 5.41) is 12.3. The topological polar surface area (TPSA) is 97.6 Å². The number of fused-ring (bicyclic) bond motifs is 3. The van der Waals surface area contributed by atoms with E-state index in [1.54, 1.807) is 6.20 Å². The van der Waals surface area contributed by atoms with Gasteiger partial charge in [-0.2, -0.15) is 5.10 Å². The minimum atomic E-state index is -0.469. The summed E-state index contributed by atoms with van der Waals surface area (Å²) in [5.74, 6) is 1.58. The van der Waals surface area contributed by atoms with Gasteiger partial charge in [0.25, 0.3) is 0 Å². The van der Waals surface area contributed by atoms with Crippen LogP contribution in [0, 0.1) is 3.70 Å². The SMILES string of the molecule is O=C1CCCC[C@@]12CCCc1c(-c3ncc4c(I)[nH]nc4n3)noc12. The van der Waals surface area contributed by atoms with Gasteiger partial charge in [0, 0.05) is 18.2 Å². The van der Waals surface area contributed by atoms with Crippen molar-refractivity contribution in [2.24, 2.45) is 0 Å². The largest absolute Gasteiger partial charge is 0.359 e. The minimum Gasteiger partial charge on any atom is -0.359 e. The van der Waals surface area contributed by atoms with Crippen molar-refractivity contribution in [3.05, 3.63) is 21.2 Å². The fourth-order valence-corrected chi connectivity index (χ4v) is 4.76. The smallest absolute Gasteiger partial charge is 0.185 e. The van der Waals surface area contributed by atoms with E-state index >= 15 is 0 Å². The fourth-order valence-electron chi connectivity index (χ4n) is 4.26. The first kappa shape index (κ1) is 15.4. The molecular weight excluding hydrogens is 433 g/mol. The average molecular weight is 449 g/mol. The van der Waals surface area contributed by atoms with Gasteiger partial charge in [-0.05, 0) is 54.7 Å². The Morgan fingerprint density at radius 1 is 1.20 bits per heavy atom. The molecule has 128 valence electrons. The highest BCUT2D eigenvalue weighted by Crippen LogP contribution is 2.47. The molecule has 2 aliphatic rings. The van der Waals surface area contributed by atoms with E-state index in [1.165, 1.54) is 0 Å². The van der Waals surface area contributed by atoms with Crippen LogP contribution in [0.25, 0.3) is 22.6 Å². The highest BCUT2D eigenvalue weighted by atomic mass is 127. The van der Waals surface area contributed by atoms with Crippen LogP contribution in [0.3, 0.4) is 0 Å². The molecule has 0 radical (unpaired) electrons. The predicted molar refractivity (Wildman–Crippen MR) is 98.0 cm³/mol. The number of rotatable bonds is 1. The lowest BCUT2D eigenvalue weighted by molar-refractivity contribution is -0.128. The molecule has 1 spiro atoms. The van der Waals surface area contributed by atoms with Crippen LogP contribution in [0.1, 0.15) is 49.8 Å². The summed E-state index contributed by atoms with van der Waals surface area (Å²) in [7, 11) is 0. The number of halogens is 1. The maximum Gasteiger partial charge on any atom is 0.185 e. The Bertz CT molecular complexity index is 994. The zero-order valence-corrected chi connectivity index (χ0v) is 15.7. The third-order valence-electron chi connectivity index (χ3n) is 5.52. The number of carbonyl (C=O) groups excluding carboxylic acids is 1. The van der Waals surface area contributed by atoms with Gasteiger partial charge in [0.1, 0.15) is 9.48 Å². The fraction of sp³-hybridized carbons (Fsp3) is 0.471. The number of aromatic amines is 1. The van der Waals surface area contributed by atoms with E-state index in [0.717, 1.165) is 58.9 Å². The number of nitrogens with zero attached hydrogens (tertiary/aromatic N) is 4. The lowest BCUT2D eigenvalue weighted by atomic mass is 9.64. The summed E-state index contributed by atoms with van der Waals surface area (Å²) in [6.45, 7) is 0. The molecule has 0 aliphatic heterocycles.